The molecule has 2 nitrogen and oxygen atoms in total. The first-order valence-electron chi connectivity index (χ1n) is 5.00. The summed E-state index contributed by atoms with van der Waals surface area (Å²) in [6.45, 7) is 6.27. The van der Waals surface area contributed by atoms with Crippen molar-refractivity contribution >= 4 is 5.71 Å². The SMILES string of the molecule is CCCC(=N)C1=COC(C)(C)CC1. The van der Waals surface area contributed by atoms with E-state index in [4.69, 9.17) is 10.1 Å². The van der Waals surface area contributed by atoms with Crippen molar-refractivity contribution in [2.75, 3.05) is 0 Å². The van der Waals surface area contributed by atoms with Gasteiger partial charge in [0.15, 0.2) is 0 Å². The summed E-state index contributed by atoms with van der Waals surface area (Å²) in [5.74, 6) is 0. The lowest BCUT2D eigenvalue weighted by atomic mass is 9.93. The Balaban J connectivity index is 2.55. The Labute approximate surface area is 80.5 Å². The predicted octanol–water partition coefficient (Wildman–Crippen LogP) is 3.28. The molecule has 1 aliphatic heterocycles. The van der Waals surface area contributed by atoms with Gasteiger partial charge >= 0.3 is 0 Å². The lowest BCUT2D eigenvalue weighted by Gasteiger charge is -2.29. The van der Waals surface area contributed by atoms with Gasteiger partial charge in [0.05, 0.1) is 6.26 Å². The van der Waals surface area contributed by atoms with Gasteiger partial charge in [-0.3, -0.25) is 0 Å². The molecule has 1 N–H and O–H groups in total. The van der Waals surface area contributed by atoms with Crippen molar-refractivity contribution < 1.29 is 4.74 Å². The van der Waals surface area contributed by atoms with Crippen LogP contribution in [0.15, 0.2) is 11.8 Å². The average molecular weight is 181 g/mol. The second-order valence-electron chi connectivity index (χ2n) is 4.25. The Morgan fingerprint density at radius 2 is 2.31 bits per heavy atom. The van der Waals surface area contributed by atoms with Crippen molar-refractivity contribution in [3.8, 4) is 0 Å². The molecule has 0 saturated carbocycles. The predicted molar refractivity (Wildman–Crippen MR) is 55.1 cm³/mol. The number of hydrogen-bond acceptors (Lipinski definition) is 2. The van der Waals surface area contributed by atoms with Crippen LogP contribution in [0.25, 0.3) is 0 Å². The number of ether oxygens (including phenoxy) is 1. The molecule has 13 heavy (non-hydrogen) atoms. The molecule has 0 bridgehead atoms. The minimum Gasteiger partial charge on any atom is -0.495 e. The largest absolute Gasteiger partial charge is 0.495 e. The van der Waals surface area contributed by atoms with E-state index in [1.807, 2.05) is 0 Å². The minimum absolute atomic E-state index is 0.0318. The summed E-state index contributed by atoms with van der Waals surface area (Å²) in [4.78, 5) is 0. The van der Waals surface area contributed by atoms with Gasteiger partial charge < -0.3 is 10.1 Å². The molecule has 0 aromatic carbocycles. The zero-order valence-electron chi connectivity index (χ0n) is 8.81. The maximum absolute atomic E-state index is 7.76. The maximum atomic E-state index is 7.76. The number of rotatable bonds is 3. The standard InChI is InChI=1S/C11H19NO/c1-4-5-10(12)9-6-7-11(2,3)13-8-9/h8,12H,4-7H2,1-3H3. The lowest BCUT2D eigenvalue weighted by Crippen LogP contribution is -2.26. The Morgan fingerprint density at radius 1 is 1.62 bits per heavy atom. The summed E-state index contributed by atoms with van der Waals surface area (Å²) < 4.78 is 5.54. The fourth-order valence-electron chi connectivity index (χ4n) is 1.42. The highest BCUT2D eigenvalue weighted by atomic mass is 16.5. The fraction of sp³-hybridized carbons (Fsp3) is 0.727. The molecule has 0 aromatic rings. The van der Waals surface area contributed by atoms with Crippen molar-refractivity contribution in [1.82, 2.24) is 0 Å². The Bertz CT molecular complexity index is 228. The van der Waals surface area contributed by atoms with Gasteiger partial charge in [-0.15, -0.1) is 0 Å². The minimum atomic E-state index is -0.0318. The van der Waals surface area contributed by atoms with E-state index in [1.165, 1.54) is 0 Å². The van der Waals surface area contributed by atoms with Gasteiger partial charge in [-0.25, -0.2) is 0 Å². The topological polar surface area (TPSA) is 33.1 Å². The molecule has 0 fully saturated rings. The van der Waals surface area contributed by atoms with Crippen LogP contribution in [0.4, 0.5) is 0 Å². The monoisotopic (exact) mass is 181 g/mol. The van der Waals surface area contributed by atoms with Crippen molar-refractivity contribution in [2.45, 2.75) is 52.1 Å². The van der Waals surface area contributed by atoms with Crippen LogP contribution in [-0.4, -0.2) is 11.3 Å². The van der Waals surface area contributed by atoms with Crippen molar-refractivity contribution in [3.63, 3.8) is 0 Å². The van der Waals surface area contributed by atoms with Crippen molar-refractivity contribution in [2.24, 2.45) is 0 Å². The van der Waals surface area contributed by atoms with Gasteiger partial charge in [0.1, 0.15) is 5.60 Å². The Morgan fingerprint density at radius 3 is 2.77 bits per heavy atom. The van der Waals surface area contributed by atoms with Crippen LogP contribution >= 0.6 is 0 Å². The fourth-order valence-corrected chi connectivity index (χ4v) is 1.42. The zero-order chi connectivity index (χ0) is 9.90. The number of allylic oxidation sites excluding steroid dienone is 1. The second-order valence-corrected chi connectivity index (χ2v) is 4.25. The molecule has 0 radical (unpaired) electrons. The van der Waals surface area contributed by atoms with E-state index in [0.717, 1.165) is 37.0 Å². The van der Waals surface area contributed by atoms with Gasteiger partial charge in [-0.1, -0.05) is 13.3 Å². The quantitative estimate of drug-likeness (QED) is 0.666. The van der Waals surface area contributed by atoms with E-state index in [1.54, 1.807) is 6.26 Å². The molecular formula is C11H19NO. The molecule has 74 valence electrons. The lowest BCUT2D eigenvalue weighted by molar-refractivity contribution is 0.0377. The molecule has 0 saturated heterocycles. The Kier molecular flexibility index (Phi) is 3.12. The smallest absolute Gasteiger partial charge is 0.103 e. The second kappa shape index (κ2) is 3.95. The molecule has 1 rings (SSSR count). The van der Waals surface area contributed by atoms with Crippen LogP contribution in [0.2, 0.25) is 0 Å². The summed E-state index contributed by atoms with van der Waals surface area (Å²) in [5, 5.41) is 7.76. The summed E-state index contributed by atoms with van der Waals surface area (Å²) in [6.07, 6.45) is 5.70. The van der Waals surface area contributed by atoms with Gasteiger partial charge in [0.2, 0.25) is 0 Å². The first kappa shape index (κ1) is 10.3. The third-order valence-corrected chi connectivity index (χ3v) is 2.40. The van der Waals surface area contributed by atoms with E-state index in [9.17, 15) is 0 Å². The summed E-state index contributed by atoms with van der Waals surface area (Å²) >= 11 is 0. The van der Waals surface area contributed by atoms with Crippen LogP contribution in [0, 0.1) is 5.41 Å². The summed E-state index contributed by atoms with van der Waals surface area (Å²) in [6, 6.07) is 0. The normalized spacial score (nSPS) is 20.4. The van der Waals surface area contributed by atoms with Crippen LogP contribution < -0.4 is 0 Å². The molecule has 0 aromatic heterocycles. The van der Waals surface area contributed by atoms with Crippen LogP contribution in [0.1, 0.15) is 46.5 Å². The highest BCUT2D eigenvalue weighted by molar-refractivity contribution is 5.97. The molecule has 1 aliphatic rings. The van der Waals surface area contributed by atoms with E-state index in [0.29, 0.717) is 0 Å². The third kappa shape index (κ3) is 2.87. The van der Waals surface area contributed by atoms with E-state index in [2.05, 4.69) is 20.8 Å². The number of nitrogens with one attached hydrogen (secondary N) is 1. The molecular weight excluding hydrogens is 162 g/mol. The number of hydrogen-bond donors (Lipinski definition) is 1. The first-order valence-corrected chi connectivity index (χ1v) is 5.00. The maximum Gasteiger partial charge on any atom is 0.103 e. The highest BCUT2D eigenvalue weighted by Gasteiger charge is 2.23. The zero-order valence-corrected chi connectivity index (χ0v) is 8.81. The van der Waals surface area contributed by atoms with Crippen LogP contribution in [0.3, 0.4) is 0 Å². The average Bonchev–Trinajstić information content (AvgIpc) is 2.04. The van der Waals surface area contributed by atoms with Gasteiger partial charge in [0, 0.05) is 11.3 Å². The molecule has 0 amide bonds. The summed E-state index contributed by atoms with van der Waals surface area (Å²) in [7, 11) is 0. The third-order valence-electron chi connectivity index (χ3n) is 2.40. The molecule has 0 atom stereocenters. The molecule has 2 heteroatoms. The van der Waals surface area contributed by atoms with Crippen LogP contribution in [-0.2, 0) is 4.74 Å². The molecule has 0 aliphatic carbocycles. The van der Waals surface area contributed by atoms with Crippen LogP contribution in [0.5, 0.6) is 0 Å². The van der Waals surface area contributed by atoms with Crippen molar-refractivity contribution in [1.29, 1.82) is 5.41 Å². The van der Waals surface area contributed by atoms with Gasteiger partial charge in [-0.2, -0.15) is 0 Å². The first-order chi connectivity index (χ1) is 6.05. The Hall–Kier alpha value is -0.790. The molecule has 0 unspecified atom stereocenters. The van der Waals surface area contributed by atoms with E-state index < -0.39 is 0 Å². The van der Waals surface area contributed by atoms with Gasteiger partial charge in [-0.05, 0) is 33.1 Å². The van der Waals surface area contributed by atoms with E-state index in [-0.39, 0.29) is 5.60 Å². The van der Waals surface area contributed by atoms with Gasteiger partial charge in [0.25, 0.3) is 0 Å². The highest BCUT2D eigenvalue weighted by Crippen LogP contribution is 2.27. The molecule has 1 heterocycles. The van der Waals surface area contributed by atoms with Crippen molar-refractivity contribution in [3.05, 3.63) is 11.8 Å². The molecule has 0 spiro atoms. The summed E-state index contributed by atoms with van der Waals surface area (Å²) in [5.41, 5.74) is 1.80. The van der Waals surface area contributed by atoms with E-state index >= 15 is 0 Å².